The highest BCUT2D eigenvalue weighted by atomic mass is 32.2. The van der Waals surface area contributed by atoms with Crippen molar-refractivity contribution in [2.24, 2.45) is 0 Å². The predicted molar refractivity (Wildman–Crippen MR) is 124 cm³/mol. The molecule has 0 bridgehead atoms. The van der Waals surface area contributed by atoms with Gasteiger partial charge in [-0.15, -0.1) is 10.2 Å². The van der Waals surface area contributed by atoms with Crippen molar-refractivity contribution in [3.63, 3.8) is 0 Å². The van der Waals surface area contributed by atoms with E-state index >= 15 is 0 Å². The summed E-state index contributed by atoms with van der Waals surface area (Å²) in [6.07, 6.45) is 2.00. The lowest BCUT2D eigenvalue weighted by molar-refractivity contribution is -0.127. The van der Waals surface area contributed by atoms with Crippen molar-refractivity contribution >= 4 is 17.7 Å². The van der Waals surface area contributed by atoms with Crippen molar-refractivity contribution in [1.82, 2.24) is 19.7 Å². The van der Waals surface area contributed by atoms with Crippen molar-refractivity contribution in [1.29, 1.82) is 0 Å². The van der Waals surface area contributed by atoms with Gasteiger partial charge >= 0.3 is 0 Å². The molecule has 0 N–H and O–H groups in total. The molecule has 1 heterocycles. The lowest BCUT2D eigenvalue weighted by Gasteiger charge is -2.17. The zero-order valence-electron chi connectivity index (χ0n) is 18.3. The Kier molecular flexibility index (Phi) is 7.69. The fourth-order valence-corrected chi connectivity index (χ4v) is 4.20. The van der Waals surface area contributed by atoms with E-state index in [0.29, 0.717) is 12.3 Å². The third-order valence-electron chi connectivity index (χ3n) is 5.04. The van der Waals surface area contributed by atoms with Gasteiger partial charge in [0.2, 0.25) is 5.91 Å². The van der Waals surface area contributed by atoms with Gasteiger partial charge in [0.15, 0.2) is 11.0 Å². The standard InChI is InChI=1S/C24H30N4OS/c1-5-14-28-23(21-9-7-8-18(3)15-21)25-26-24(28)30-17-22(29)27(4)16-20-12-10-19(6-2)11-13-20/h7-13,15H,5-6,14,16-17H2,1-4H3. The molecule has 5 nitrogen and oxygen atoms in total. The number of nitrogens with zero attached hydrogens (tertiary/aromatic N) is 4. The smallest absolute Gasteiger partial charge is 0.233 e. The second-order valence-electron chi connectivity index (χ2n) is 7.54. The Bertz CT molecular complexity index is 981. The van der Waals surface area contributed by atoms with Gasteiger partial charge in [-0.2, -0.15) is 0 Å². The number of thioether (sulfide) groups is 1. The van der Waals surface area contributed by atoms with Crippen LogP contribution in [0.1, 0.15) is 37.0 Å². The van der Waals surface area contributed by atoms with Gasteiger partial charge < -0.3 is 9.47 Å². The summed E-state index contributed by atoms with van der Waals surface area (Å²) in [6, 6.07) is 16.7. The van der Waals surface area contributed by atoms with E-state index < -0.39 is 0 Å². The topological polar surface area (TPSA) is 51.0 Å². The first-order valence-electron chi connectivity index (χ1n) is 10.5. The Morgan fingerprint density at radius 1 is 1.07 bits per heavy atom. The van der Waals surface area contributed by atoms with Crippen molar-refractivity contribution in [2.75, 3.05) is 12.8 Å². The zero-order valence-corrected chi connectivity index (χ0v) is 19.1. The molecular formula is C24H30N4OS. The van der Waals surface area contributed by atoms with Crippen LogP contribution in [0.3, 0.4) is 0 Å². The third-order valence-corrected chi connectivity index (χ3v) is 5.99. The Morgan fingerprint density at radius 2 is 1.80 bits per heavy atom. The average Bonchev–Trinajstić information content (AvgIpc) is 3.15. The minimum absolute atomic E-state index is 0.0859. The van der Waals surface area contributed by atoms with Crippen molar-refractivity contribution < 1.29 is 4.79 Å². The SMILES string of the molecule is CCCn1c(SCC(=O)N(C)Cc2ccc(CC)cc2)nnc1-c1cccc(C)c1. The molecule has 0 radical (unpaired) electrons. The van der Waals surface area contributed by atoms with E-state index in [1.54, 1.807) is 4.90 Å². The molecule has 0 aliphatic rings. The number of carbonyl (C=O) groups is 1. The summed E-state index contributed by atoms with van der Waals surface area (Å²) in [6.45, 7) is 7.79. The molecule has 158 valence electrons. The van der Waals surface area contributed by atoms with Gasteiger partial charge in [-0.25, -0.2) is 0 Å². The molecule has 6 heteroatoms. The quantitative estimate of drug-likeness (QED) is 0.457. The summed E-state index contributed by atoms with van der Waals surface area (Å²) < 4.78 is 2.12. The molecule has 1 amide bonds. The number of benzene rings is 2. The Morgan fingerprint density at radius 3 is 2.47 bits per heavy atom. The molecule has 0 aliphatic heterocycles. The van der Waals surface area contributed by atoms with E-state index in [0.717, 1.165) is 41.5 Å². The highest BCUT2D eigenvalue weighted by Crippen LogP contribution is 2.25. The van der Waals surface area contributed by atoms with Gasteiger partial charge in [0, 0.05) is 25.7 Å². The first-order valence-corrected chi connectivity index (χ1v) is 11.4. The second-order valence-corrected chi connectivity index (χ2v) is 8.48. The summed E-state index contributed by atoms with van der Waals surface area (Å²) >= 11 is 1.46. The molecule has 0 fully saturated rings. The fraction of sp³-hybridized carbons (Fsp3) is 0.375. The van der Waals surface area contributed by atoms with Gasteiger partial charge in [-0.3, -0.25) is 4.79 Å². The number of rotatable bonds is 9. The lowest BCUT2D eigenvalue weighted by atomic mass is 10.1. The Labute approximate surface area is 183 Å². The van der Waals surface area contributed by atoms with Crippen molar-refractivity contribution in [3.05, 3.63) is 65.2 Å². The first-order chi connectivity index (χ1) is 14.5. The van der Waals surface area contributed by atoms with Crippen LogP contribution >= 0.6 is 11.8 Å². The van der Waals surface area contributed by atoms with Crippen LogP contribution < -0.4 is 0 Å². The van der Waals surface area contributed by atoms with Crippen LogP contribution in [-0.4, -0.2) is 38.4 Å². The molecule has 0 saturated heterocycles. The maximum absolute atomic E-state index is 12.7. The molecular weight excluding hydrogens is 392 g/mol. The van der Waals surface area contributed by atoms with Gasteiger partial charge in [-0.05, 0) is 37.0 Å². The van der Waals surface area contributed by atoms with E-state index in [4.69, 9.17) is 0 Å². The van der Waals surface area contributed by atoms with E-state index in [-0.39, 0.29) is 5.91 Å². The number of aryl methyl sites for hydroxylation is 2. The molecule has 0 spiro atoms. The highest BCUT2D eigenvalue weighted by molar-refractivity contribution is 7.99. The summed E-state index contributed by atoms with van der Waals surface area (Å²) in [4.78, 5) is 14.5. The fourth-order valence-electron chi connectivity index (χ4n) is 3.30. The first kappa shape index (κ1) is 22.1. The van der Waals surface area contributed by atoms with Gasteiger partial charge in [0.1, 0.15) is 0 Å². The van der Waals surface area contributed by atoms with E-state index in [1.165, 1.54) is 22.9 Å². The molecule has 2 aromatic carbocycles. The lowest BCUT2D eigenvalue weighted by Crippen LogP contribution is -2.27. The van der Waals surface area contributed by atoms with Crippen molar-refractivity contribution in [2.45, 2.75) is 51.9 Å². The normalized spacial score (nSPS) is 10.9. The Hall–Kier alpha value is -2.60. The largest absolute Gasteiger partial charge is 0.341 e. The van der Waals surface area contributed by atoms with Crippen LogP contribution in [0.25, 0.3) is 11.4 Å². The summed E-state index contributed by atoms with van der Waals surface area (Å²) in [5.74, 6) is 1.29. The van der Waals surface area contributed by atoms with E-state index in [1.807, 2.05) is 13.1 Å². The molecule has 0 unspecified atom stereocenters. The maximum Gasteiger partial charge on any atom is 0.233 e. The minimum atomic E-state index is 0.0859. The monoisotopic (exact) mass is 422 g/mol. The molecule has 0 atom stereocenters. The molecule has 30 heavy (non-hydrogen) atoms. The van der Waals surface area contributed by atoms with Gasteiger partial charge in [0.05, 0.1) is 5.75 Å². The van der Waals surface area contributed by atoms with Crippen LogP contribution in [0.2, 0.25) is 0 Å². The minimum Gasteiger partial charge on any atom is -0.341 e. The zero-order chi connectivity index (χ0) is 21.5. The number of aromatic nitrogens is 3. The van der Waals surface area contributed by atoms with Crippen LogP contribution in [0.5, 0.6) is 0 Å². The summed E-state index contributed by atoms with van der Waals surface area (Å²) in [5, 5.41) is 9.59. The maximum atomic E-state index is 12.7. The van der Waals surface area contributed by atoms with Crippen LogP contribution in [0, 0.1) is 6.92 Å². The van der Waals surface area contributed by atoms with E-state index in [9.17, 15) is 4.79 Å². The van der Waals surface area contributed by atoms with Crippen LogP contribution in [0.15, 0.2) is 53.7 Å². The molecule has 0 aliphatic carbocycles. The van der Waals surface area contributed by atoms with Crippen LogP contribution in [0.4, 0.5) is 0 Å². The third kappa shape index (κ3) is 5.51. The number of amides is 1. The summed E-state index contributed by atoms with van der Waals surface area (Å²) in [7, 11) is 1.85. The predicted octanol–water partition coefficient (Wildman–Crippen LogP) is 4.98. The van der Waals surface area contributed by atoms with E-state index in [2.05, 4.69) is 78.0 Å². The highest BCUT2D eigenvalue weighted by Gasteiger charge is 2.17. The average molecular weight is 423 g/mol. The molecule has 0 saturated carbocycles. The Balaban J connectivity index is 1.66. The summed E-state index contributed by atoms with van der Waals surface area (Å²) in [5.41, 5.74) is 4.70. The number of hydrogen-bond donors (Lipinski definition) is 0. The van der Waals surface area contributed by atoms with Gasteiger partial charge in [-0.1, -0.05) is 73.6 Å². The van der Waals surface area contributed by atoms with Gasteiger partial charge in [0.25, 0.3) is 0 Å². The molecule has 1 aromatic heterocycles. The second kappa shape index (κ2) is 10.4. The molecule has 3 rings (SSSR count). The van der Waals surface area contributed by atoms with Crippen LogP contribution in [-0.2, 0) is 24.3 Å². The number of carbonyl (C=O) groups excluding carboxylic acids is 1. The van der Waals surface area contributed by atoms with Crippen molar-refractivity contribution in [3.8, 4) is 11.4 Å². The molecule has 3 aromatic rings. The number of hydrogen-bond acceptors (Lipinski definition) is 4.